The summed E-state index contributed by atoms with van der Waals surface area (Å²) < 4.78 is 14.9. The van der Waals surface area contributed by atoms with E-state index in [0.717, 1.165) is 43.6 Å². The summed E-state index contributed by atoms with van der Waals surface area (Å²) in [5.74, 6) is 0. The summed E-state index contributed by atoms with van der Waals surface area (Å²) in [6.45, 7) is 8.29. The van der Waals surface area contributed by atoms with Crippen LogP contribution < -0.4 is 15.9 Å². The first-order valence-corrected chi connectivity index (χ1v) is 11.3. The number of benzene rings is 4. The van der Waals surface area contributed by atoms with Crippen molar-refractivity contribution >= 4 is 33.8 Å². The zero-order valence-corrected chi connectivity index (χ0v) is 17.8. The van der Waals surface area contributed by atoms with Crippen LogP contribution in [0.2, 0.25) is 0 Å². The highest BCUT2D eigenvalue weighted by atomic mass is 31.2. The van der Waals surface area contributed by atoms with Crippen molar-refractivity contribution in [2.24, 2.45) is 0 Å². The Morgan fingerprint density at radius 2 is 0.964 bits per heavy atom. The minimum absolute atomic E-state index is 0.890. The third kappa shape index (κ3) is 3.32. The van der Waals surface area contributed by atoms with Crippen LogP contribution in [0.5, 0.6) is 0 Å². The molecule has 0 unspecified atom stereocenters. The second kappa shape index (κ2) is 7.08. The fraction of sp³-hybridized carbons (Fsp3) is 0.154. The lowest BCUT2D eigenvalue weighted by atomic mass is 10.1. The monoisotopic (exact) mass is 384 g/mol. The molecule has 0 saturated carbocycles. The highest BCUT2D eigenvalue weighted by Gasteiger charge is 2.30. The van der Waals surface area contributed by atoms with Crippen LogP contribution in [-0.4, -0.2) is 0 Å². The van der Waals surface area contributed by atoms with Gasteiger partial charge in [0.25, 0.3) is 0 Å². The molecular formula is C26H25OP. The van der Waals surface area contributed by atoms with E-state index < -0.39 is 7.14 Å². The van der Waals surface area contributed by atoms with Crippen LogP contribution in [0.4, 0.5) is 0 Å². The van der Waals surface area contributed by atoms with Crippen LogP contribution in [0, 0.1) is 27.7 Å². The Bertz CT molecular complexity index is 1140. The number of aryl methyl sites for hydroxylation is 4. The smallest absolute Gasteiger partial charge is 0.171 e. The molecule has 140 valence electrons. The van der Waals surface area contributed by atoms with Gasteiger partial charge in [-0.05, 0) is 68.8 Å². The van der Waals surface area contributed by atoms with Gasteiger partial charge in [-0.3, -0.25) is 0 Å². The quantitative estimate of drug-likeness (QED) is 0.413. The van der Waals surface area contributed by atoms with E-state index >= 15 is 0 Å². The van der Waals surface area contributed by atoms with Crippen LogP contribution >= 0.6 is 7.14 Å². The van der Waals surface area contributed by atoms with Gasteiger partial charge in [0, 0.05) is 15.9 Å². The molecule has 0 bridgehead atoms. The standard InChI is InChI=1S/C26H25OP/c1-18-11-19(2)14-25(13-18)28(27,26-15-20(3)12-21(4)16-26)24-10-9-22-7-5-6-8-23(22)17-24/h5-17H,1-4H3. The molecule has 0 fully saturated rings. The van der Waals surface area contributed by atoms with Crippen LogP contribution in [-0.2, 0) is 4.57 Å². The van der Waals surface area contributed by atoms with Gasteiger partial charge in [0.05, 0.1) is 0 Å². The van der Waals surface area contributed by atoms with Gasteiger partial charge in [0.15, 0.2) is 7.14 Å². The van der Waals surface area contributed by atoms with E-state index in [2.05, 4.69) is 88.4 Å². The van der Waals surface area contributed by atoms with E-state index in [1.165, 1.54) is 5.39 Å². The van der Waals surface area contributed by atoms with Crippen LogP contribution in [0.1, 0.15) is 22.3 Å². The molecule has 0 aliphatic heterocycles. The van der Waals surface area contributed by atoms with Gasteiger partial charge in [0.2, 0.25) is 0 Å². The maximum atomic E-state index is 14.9. The number of fused-ring (bicyclic) bond motifs is 1. The molecule has 1 nitrogen and oxygen atoms in total. The minimum Gasteiger partial charge on any atom is -0.309 e. The third-order valence-corrected chi connectivity index (χ3v) is 8.21. The van der Waals surface area contributed by atoms with E-state index in [4.69, 9.17) is 0 Å². The van der Waals surface area contributed by atoms with Gasteiger partial charge in [-0.2, -0.15) is 0 Å². The molecule has 2 heteroatoms. The predicted octanol–water partition coefficient (Wildman–Crippen LogP) is 5.71. The Kier molecular flexibility index (Phi) is 4.73. The Labute approximate surface area is 167 Å². The maximum absolute atomic E-state index is 14.9. The van der Waals surface area contributed by atoms with Crippen molar-refractivity contribution in [2.45, 2.75) is 27.7 Å². The molecule has 4 rings (SSSR count). The van der Waals surface area contributed by atoms with E-state index in [1.54, 1.807) is 0 Å². The van der Waals surface area contributed by atoms with E-state index in [-0.39, 0.29) is 0 Å². The Hall–Kier alpha value is -2.63. The molecule has 28 heavy (non-hydrogen) atoms. The van der Waals surface area contributed by atoms with E-state index in [0.29, 0.717) is 0 Å². The predicted molar refractivity (Wildman–Crippen MR) is 122 cm³/mol. The Morgan fingerprint density at radius 1 is 0.500 bits per heavy atom. The van der Waals surface area contributed by atoms with E-state index in [9.17, 15) is 4.57 Å². The van der Waals surface area contributed by atoms with Gasteiger partial charge in [0.1, 0.15) is 0 Å². The van der Waals surface area contributed by atoms with Gasteiger partial charge in [-0.15, -0.1) is 0 Å². The Balaban J connectivity index is 2.06. The van der Waals surface area contributed by atoms with Gasteiger partial charge in [-0.1, -0.05) is 70.8 Å². The van der Waals surface area contributed by atoms with Gasteiger partial charge < -0.3 is 4.57 Å². The highest BCUT2D eigenvalue weighted by Crippen LogP contribution is 2.43. The first-order valence-electron chi connectivity index (χ1n) is 9.63. The SMILES string of the molecule is Cc1cc(C)cc(P(=O)(c2cc(C)cc(C)c2)c2ccc3ccccc3c2)c1. The molecule has 0 atom stereocenters. The first kappa shape index (κ1) is 18.7. The topological polar surface area (TPSA) is 17.1 Å². The van der Waals surface area contributed by atoms with Crippen molar-refractivity contribution in [1.82, 2.24) is 0 Å². The zero-order valence-electron chi connectivity index (χ0n) is 16.9. The molecule has 0 aromatic heterocycles. The van der Waals surface area contributed by atoms with Crippen LogP contribution in [0.25, 0.3) is 10.8 Å². The number of rotatable bonds is 3. The van der Waals surface area contributed by atoms with Gasteiger partial charge >= 0.3 is 0 Å². The molecule has 4 aromatic rings. The van der Waals surface area contributed by atoms with Crippen LogP contribution in [0.15, 0.2) is 78.9 Å². The second-order valence-corrected chi connectivity index (χ2v) is 10.6. The van der Waals surface area contributed by atoms with Crippen LogP contribution in [0.3, 0.4) is 0 Å². The second-order valence-electron chi connectivity index (χ2n) is 7.83. The van der Waals surface area contributed by atoms with Crippen molar-refractivity contribution in [3.05, 3.63) is 101 Å². The summed E-state index contributed by atoms with van der Waals surface area (Å²) in [6.07, 6.45) is 0. The molecule has 0 aliphatic carbocycles. The average molecular weight is 384 g/mol. The van der Waals surface area contributed by atoms with Gasteiger partial charge in [-0.25, -0.2) is 0 Å². The molecule has 4 aromatic carbocycles. The highest BCUT2D eigenvalue weighted by molar-refractivity contribution is 7.85. The van der Waals surface area contributed by atoms with Crippen molar-refractivity contribution in [2.75, 3.05) is 0 Å². The van der Waals surface area contributed by atoms with E-state index in [1.807, 2.05) is 18.2 Å². The molecule has 0 N–H and O–H groups in total. The molecule has 0 aliphatic rings. The average Bonchev–Trinajstić information content (AvgIpc) is 2.65. The maximum Gasteiger partial charge on any atom is 0.171 e. The lowest BCUT2D eigenvalue weighted by molar-refractivity contribution is 0.592. The molecule has 0 heterocycles. The zero-order chi connectivity index (χ0) is 19.9. The summed E-state index contributed by atoms with van der Waals surface area (Å²) in [4.78, 5) is 0. The minimum atomic E-state index is -2.99. The first-order chi connectivity index (χ1) is 13.4. The number of hydrogen-bond donors (Lipinski definition) is 0. The summed E-state index contributed by atoms with van der Waals surface area (Å²) in [5, 5.41) is 4.99. The fourth-order valence-corrected chi connectivity index (χ4v) is 7.13. The lowest BCUT2D eigenvalue weighted by Crippen LogP contribution is -2.26. The van der Waals surface area contributed by atoms with Crippen molar-refractivity contribution in [1.29, 1.82) is 0 Å². The fourth-order valence-electron chi connectivity index (χ4n) is 4.08. The van der Waals surface area contributed by atoms with Crippen molar-refractivity contribution in [3.63, 3.8) is 0 Å². The normalized spacial score (nSPS) is 11.7. The molecule has 0 radical (unpaired) electrons. The van der Waals surface area contributed by atoms with Crippen molar-refractivity contribution in [3.8, 4) is 0 Å². The number of hydrogen-bond acceptors (Lipinski definition) is 1. The summed E-state index contributed by atoms with van der Waals surface area (Å²) >= 11 is 0. The summed E-state index contributed by atoms with van der Waals surface area (Å²) in [5.41, 5.74) is 4.56. The Morgan fingerprint density at radius 3 is 1.46 bits per heavy atom. The molecule has 0 saturated heterocycles. The summed E-state index contributed by atoms with van der Waals surface area (Å²) in [7, 11) is -2.99. The molecular weight excluding hydrogens is 359 g/mol. The van der Waals surface area contributed by atoms with Crippen molar-refractivity contribution < 1.29 is 4.57 Å². The third-order valence-electron chi connectivity index (χ3n) is 5.24. The molecule has 0 spiro atoms. The largest absolute Gasteiger partial charge is 0.309 e. The molecule has 0 amide bonds. The summed E-state index contributed by atoms with van der Waals surface area (Å²) in [6, 6.07) is 27.1. The lowest BCUT2D eigenvalue weighted by Gasteiger charge is -2.22.